The first kappa shape index (κ1) is 11.6. The van der Waals surface area contributed by atoms with E-state index >= 15 is 0 Å². The molecule has 1 aromatic heterocycles. The summed E-state index contributed by atoms with van der Waals surface area (Å²) in [6, 6.07) is 16.3. The van der Waals surface area contributed by atoms with Gasteiger partial charge in [-0.3, -0.25) is 0 Å². The number of fused-ring (bicyclic) bond motifs is 2. The second-order valence-electron chi connectivity index (χ2n) is 5.12. The third-order valence-corrected chi connectivity index (χ3v) is 3.78. The van der Waals surface area contributed by atoms with Crippen molar-refractivity contribution in [3.05, 3.63) is 54.1 Å². The number of nitrogens with two attached hydrogens (primary N) is 1. The third kappa shape index (κ3) is 1.71. The lowest BCUT2D eigenvalue weighted by Gasteiger charge is -2.08. The number of para-hydroxylation sites is 2. The number of hydrogen-bond acceptors (Lipinski definition) is 3. The molecule has 100 valence electrons. The van der Waals surface area contributed by atoms with Gasteiger partial charge >= 0.3 is 0 Å². The second kappa shape index (κ2) is 4.39. The van der Waals surface area contributed by atoms with E-state index in [1.54, 1.807) is 0 Å². The molecule has 3 nitrogen and oxygen atoms in total. The van der Waals surface area contributed by atoms with Crippen molar-refractivity contribution < 1.29 is 9.15 Å². The first-order valence-electron chi connectivity index (χ1n) is 6.83. The molecule has 1 unspecified atom stereocenters. The van der Waals surface area contributed by atoms with Gasteiger partial charge in [-0.05, 0) is 23.8 Å². The molecule has 2 aromatic carbocycles. The Balaban J connectivity index is 1.85. The van der Waals surface area contributed by atoms with Gasteiger partial charge in [-0.15, -0.1) is 0 Å². The highest BCUT2D eigenvalue weighted by molar-refractivity contribution is 5.84. The summed E-state index contributed by atoms with van der Waals surface area (Å²) in [4.78, 5) is 0. The van der Waals surface area contributed by atoms with Crippen molar-refractivity contribution in [2.24, 2.45) is 5.73 Å². The summed E-state index contributed by atoms with van der Waals surface area (Å²) in [5.41, 5.74) is 8.83. The third-order valence-electron chi connectivity index (χ3n) is 3.78. The van der Waals surface area contributed by atoms with Gasteiger partial charge in [-0.25, -0.2) is 0 Å². The van der Waals surface area contributed by atoms with E-state index < -0.39 is 0 Å². The van der Waals surface area contributed by atoms with Crippen LogP contribution in [0.1, 0.15) is 5.56 Å². The largest absolute Gasteiger partial charge is 0.488 e. The molecule has 0 saturated heterocycles. The zero-order valence-corrected chi connectivity index (χ0v) is 11.0. The Hall–Kier alpha value is -2.26. The van der Waals surface area contributed by atoms with Gasteiger partial charge < -0.3 is 14.9 Å². The molecule has 4 rings (SSSR count). The van der Waals surface area contributed by atoms with Gasteiger partial charge in [0.05, 0.1) is 5.56 Å². The van der Waals surface area contributed by atoms with Crippen molar-refractivity contribution in [1.82, 2.24) is 0 Å². The van der Waals surface area contributed by atoms with E-state index in [1.165, 1.54) is 5.56 Å². The summed E-state index contributed by atoms with van der Waals surface area (Å²) in [7, 11) is 0. The predicted octanol–water partition coefficient (Wildman–Crippen LogP) is 3.36. The normalized spacial score (nSPS) is 17.1. The molecule has 20 heavy (non-hydrogen) atoms. The Morgan fingerprint density at radius 3 is 2.85 bits per heavy atom. The predicted molar refractivity (Wildman–Crippen MR) is 78.8 cm³/mol. The number of rotatable bonds is 2. The van der Waals surface area contributed by atoms with Crippen molar-refractivity contribution in [2.45, 2.75) is 12.5 Å². The monoisotopic (exact) mass is 265 g/mol. The number of benzene rings is 2. The highest BCUT2D eigenvalue weighted by Crippen LogP contribution is 2.40. The summed E-state index contributed by atoms with van der Waals surface area (Å²) in [6.45, 7) is 0.536. The smallest absolute Gasteiger partial charge is 0.139 e. The molecule has 0 amide bonds. The quantitative estimate of drug-likeness (QED) is 0.773. The molecule has 2 N–H and O–H groups in total. The molecule has 0 radical (unpaired) electrons. The van der Waals surface area contributed by atoms with E-state index in [1.807, 2.05) is 30.3 Å². The minimum Gasteiger partial charge on any atom is -0.488 e. The summed E-state index contributed by atoms with van der Waals surface area (Å²) in [5.74, 6) is 1.77. The minimum absolute atomic E-state index is 0.0792. The fourth-order valence-electron chi connectivity index (χ4n) is 2.78. The fraction of sp³-hybridized carbons (Fsp3) is 0.176. The van der Waals surface area contributed by atoms with E-state index in [4.69, 9.17) is 14.9 Å². The van der Waals surface area contributed by atoms with Crippen LogP contribution < -0.4 is 10.5 Å². The van der Waals surface area contributed by atoms with Crippen LogP contribution >= 0.6 is 0 Å². The van der Waals surface area contributed by atoms with Crippen LogP contribution in [0.3, 0.4) is 0 Å². The standard InChI is InChI=1S/C17H15NO2/c18-10-13-8-12-5-3-6-14(17(12)19-13)16-9-11-4-1-2-7-15(11)20-16/h1-7,9,13H,8,10,18H2. The van der Waals surface area contributed by atoms with Gasteiger partial charge in [0.25, 0.3) is 0 Å². The Morgan fingerprint density at radius 1 is 1.10 bits per heavy atom. The molecular formula is C17H15NO2. The van der Waals surface area contributed by atoms with Crippen LogP contribution in [0.15, 0.2) is 52.9 Å². The second-order valence-corrected chi connectivity index (χ2v) is 5.12. The van der Waals surface area contributed by atoms with Crippen molar-refractivity contribution >= 4 is 11.0 Å². The van der Waals surface area contributed by atoms with E-state index in [2.05, 4.69) is 18.2 Å². The van der Waals surface area contributed by atoms with Crippen LogP contribution in [0.4, 0.5) is 0 Å². The van der Waals surface area contributed by atoms with E-state index in [0.717, 1.165) is 34.5 Å². The Bertz CT molecular complexity index is 743. The van der Waals surface area contributed by atoms with Crippen molar-refractivity contribution in [2.75, 3.05) is 6.54 Å². The van der Waals surface area contributed by atoms with Gasteiger partial charge in [0, 0.05) is 18.4 Å². The van der Waals surface area contributed by atoms with E-state index in [9.17, 15) is 0 Å². The van der Waals surface area contributed by atoms with Gasteiger partial charge in [0.1, 0.15) is 23.2 Å². The average Bonchev–Trinajstić information content (AvgIpc) is 3.09. The van der Waals surface area contributed by atoms with Gasteiger partial charge in [0.15, 0.2) is 0 Å². The molecule has 1 aliphatic rings. The van der Waals surface area contributed by atoms with Crippen LogP contribution in [0.2, 0.25) is 0 Å². The van der Waals surface area contributed by atoms with Crippen LogP contribution in [-0.4, -0.2) is 12.6 Å². The maximum atomic E-state index is 5.95. The number of ether oxygens (including phenoxy) is 1. The van der Waals surface area contributed by atoms with Crippen molar-refractivity contribution in [1.29, 1.82) is 0 Å². The molecule has 1 aliphatic heterocycles. The molecule has 0 fully saturated rings. The minimum atomic E-state index is 0.0792. The first-order chi connectivity index (χ1) is 9.85. The van der Waals surface area contributed by atoms with Crippen LogP contribution in [0.5, 0.6) is 5.75 Å². The van der Waals surface area contributed by atoms with Gasteiger partial charge in [0.2, 0.25) is 0 Å². The van der Waals surface area contributed by atoms with Crippen molar-refractivity contribution in [3.8, 4) is 17.1 Å². The molecular weight excluding hydrogens is 250 g/mol. The lowest BCUT2D eigenvalue weighted by molar-refractivity contribution is 0.242. The Morgan fingerprint density at radius 2 is 2.00 bits per heavy atom. The topological polar surface area (TPSA) is 48.4 Å². The molecule has 3 heteroatoms. The number of hydrogen-bond donors (Lipinski definition) is 1. The summed E-state index contributed by atoms with van der Waals surface area (Å²) in [5, 5.41) is 1.11. The Labute approximate surface area is 117 Å². The zero-order chi connectivity index (χ0) is 13.5. The average molecular weight is 265 g/mol. The summed E-state index contributed by atoms with van der Waals surface area (Å²) >= 11 is 0. The molecule has 0 aliphatic carbocycles. The van der Waals surface area contributed by atoms with E-state index in [0.29, 0.717) is 6.54 Å². The van der Waals surface area contributed by atoms with Gasteiger partial charge in [-0.2, -0.15) is 0 Å². The lowest BCUT2D eigenvalue weighted by Crippen LogP contribution is -2.24. The maximum Gasteiger partial charge on any atom is 0.139 e. The Kier molecular flexibility index (Phi) is 2.54. The lowest BCUT2D eigenvalue weighted by atomic mass is 10.0. The highest BCUT2D eigenvalue weighted by Gasteiger charge is 2.25. The highest BCUT2D eigenvalue weighted by atomic mass is 16.5. The van der Waals surface area contributed by atoms with Crippen LogP contribution in [0.25, 0.3) is 22.3 Å². The first-order valence-corrected chi connectivity index (χ1v) is 6.83. The molecule has 2 heterocycles. The summed E-state index contributed by atoms with van der Waals surface area (Å²) in [6.07, 6.45) is 0.954. The molecule has 0 bridgehead atoms. The molecule has 0 spiro atoms. The molecule has 1 atom stereocenters. The molecule has 0 saturated carbocycles. The van der Waals surface area contributed by atoms with E-state index in [-0.39, 0.29) is 6.10 Å². The van der Waals surface area contributed by atoms with Gasteiger partial charge in [-0.1, -0.05) is 30.3 Å². The molecule has 3 aromatic rings. The maximum absolute atomic E-state index is 5.95. The SMILES string of the molecule is NCC1Cc2cccc(-c3cc4ccccc4o3)c2O1. The van der Waals surface area contributed by atoms with Crippen LogP contribution in [-0.2, 0) is 6.42 Å². The summed E-state index contributed by atoms with van der Waals surface area (Å²) < 4.78 is 11.9. The number of furan rings is 1. The van der Waals surface area contributed by atoms with Crippen molar-refractivity contribution in [3.63, 3.8) is 0 Å². The van der Waals surface area contributed by atoms with Crippen LogP contribution in [0, 0.1) is 0 Å². The zero-order valence-electron chi connectivity index (χ0n) is 11.0. The fourth-order valence-corrected chi connectivity index (χ4v) is 2.78.